The number of ether oxygens (including phenoxy) is 1. The largest absolute Gasteiger partial charge is 0.474 e. The number of hydrogen-bond acceptors (Lipinski definition) is 5. The van der Waals surface area contributed by atoms with Gasteiger partial charge >= 0.3 is 0 Å². The first kappa shape index (κ1) is 19.1. The molecule has 0 amide bonds. The van der Waals surface area contributed by atoms with E-state index in [1.165, 1.54) is 11.8 Å². The predicted molar refractivity (Wildman–Crippen MR) is 90.4 cm³/mol. The zero-order chi connectivity index (χ0) is 15.1. The summed E-state index contributed by atoms with van der Waals surface area (Å²) in [6.07, 6.45) is 4.73. The second-order valence-electron chi connectivity index (χ2n) is 5.83. The number of aliphatic hydroxyl groups excluding tert-OH is 1. The molecule has 0 spiro atoms. The molecule has 0 bridgehead atoms. The Kier molecular flexibility index (Phi) is 8.47. The van der Waals surface area contributed by atoms with E-state index < -0.39 is 14.4 Å². The van der Waals surface area contributed by atoms with Gasteiger partial charge in [-0.1, -0.05) is 38.6 Å². The lowest BCUT2D eigenvalue weighted by molar-refractivity contribution is 0.135. The van der Waals surface area contributed by atoms with Crippen LogP contribution in [-0.2, 0) is 9.16 Å². The van der Waals surface area contributed by atoms with Crippen molar-refractivity contribution in [2.24, 2.45) is 0 Å². The van der Waals surface area contributed by atoms with Crippen LogP contribution in [0.1, 0.15) is 20.8 Å². The van der Waals surface area contributed by atoms with E-state index in [0.717, 1.165) is 0 Å². The first-order valence-corrected chi connectivity index (χ1v) is 10.8. The highest BCUT2D eigenvalue weighted by Crippen LogP contribution is 2.36. The highest BCUT2D eigenvalue weighted by atomic mass is 32.2. The van der Waals surface area contributed by atoms with Crippen molar-refractivity contribution in [2.75, 3.05) is 19.5 Å². The van der Waals surface area contributed by atoms with Crippen LogP contribution in [0.25, 0.3) is 0 Å². The fourth-order valence-electron chi connectivity index (χ4n) is 0.953. The minimum atomic E-state index is -1.79. The summed E-state index contributed by atoms with van der Waals surface area (Å²) in [6, 6.07) is 0. The van der Waals surface area contributed by atoms with Crippen LogP contribution in [0.3, 0.4) is 0 Å². The van der Waals surface area contributed by atoms with Crippen LogP contribution >= 0.6 is 24.0 Å². The Morgan fingerprint density at radius 3 is 2.47 bits per heavy atom. The molecule has 0 fully saturated rings. The van der Waals surface area contributed by atoms with E-state index >= 15 is 0 Å². The molecule has 0 aliphatic carbocycles. The molecule has 0 unspecified atom stereocenters. The number of thioether (sulfide) groups is 1. The Bertz CT molecular complexity index is 312. The second kappa shape index (κ2) is 8.41. The third-order valence-electron chi connectivity index (χ3n) is 3.24. The maximum absolute atomic E-state index is 9.82. The van der Waals surface area contributed by atoms with Crippen molar-refractivity contribution in [1.82, 2.24) is 0 Å². The zero-order valence-corrected chi connectivity index (χ0v) is 15.4. The summed E-state index contributed by atoms with van der Waals surface area (Å²) in [6.45, 7) is 11.6. The van der Waals surface area contributed by atoms with Gasteiger partial charge in [0.05, 0.1) is 12.7 Å². The van der Waals surface area contributed by atoms with Crippen molar-refractivity contribution in [3.8, 4) is 0 Å². The molecular formula is C13H26O3S2Si. The maximum atomic E-state index is 9.82. The van der Waals surface area contributed by atoms with Gasteiger partial charge in [-0.15, -0.1) is 0 Å². The Hall–Kier alpha value is 0.117. The Morgan fingerprint density at radius 2 is 2.00 bits per heavy atom. The Labute approximate surface area is 127 Å². The van der Waals surface area contributed by atoms with Gasteiger partial charge in [-0.25, -0.2) is 0 Å². The summed E-state index contributed by atoms with van der Waals surface area (Å²) < 4.78 is 11.6. The van der Waals surface area contributed by atoms with Crippen LogP contribution in [-0.4, -0.2) is 43.4 Å². The summed E-state index contributed by atoms with van der Waals surface area (Å²) in [7, 11) is -1.79. The van der Waals surface area contributed by atoms with E-state index in [0.29, 0.717) is 17.6 Å². The average Bonchev–Trinajstić information content (AvgIpc) is 2.30. The van der Waals surface area contributed by atoms with Gasteiger partial charge in [-0.05, 0) is 42.7 Å². The van der Waals surface area contributed by atoms with Gasteiger partial charge in [0.25, 0.3) is 0 Å². The zero-order valence-electron chi connectivity index (χ0n) is 12.7. The van der Waals surface area contributed by atoms with Crippen LogP contribution < -0.4 is 0 Å². The van der Waals surface area contributed by atoms with E-state index in [-0.39, 0.29) is 5.04 Å². The van der Waals surface area contributed by atoms with Gasteiger partial charge in [-0.2, -0.15) is 0 Å². The molecule has 1 N–H and O–H groups in total. The summed E-state index contributed by atoms with van der Waals surface area (Å²) in [5.41, 5.74) is 0. The SMILES string of the molecule is CSC(=S)OC/C=C/[C@H](O)CO[Si](C)(C)C(C)(C)C. The number of rotatable bonds is 6. The molecule has 0 aromatic carbocycles. The summed E-state index contributed by atoms with van der Waals surface area (Å²) in [5.74, 6) is 0. The molecule has 0 heterocycles. The van der Waals surface area contributed by atoms with Crippen molar-refractivity contribution in [3.05, 3.63) is 12.2 Å². The second-order valence-corrected chi connectivity index (χ2v) is 12.0. The van der Waals surface area contributed by atoms with Crippen molar-refractivity contribution < 1.29 is 14.3 Å². The third kappa shape index (κ3) is 8.09. The molecule has 0 aliphatic heterocycles. The number of hydrogen-bond donors (Lipinski definition) is 1. The molecule has 0 aromatic heterocycles. The van der Waals surface area contributed by atoms with Gasteiger partial charge in [0.1, 0.15) is 6.61 Å². The normalized spacial score (nSPS) is 14.7. The minimum absolute atomic E-state index is 0.157. The smallest absolute Gasteiger partial charge is 0.220 e. The first-order chi connectivity index (χ1) is 8.60. The van der Waals surface area contributed by atoms with Crippen LogP contribution in [0.5, 0.6) is 0 Å². The lowest BCUT2D eigenvalue weighted by atomic mass is 10.2. The van der Waals surface area contributed by atoms with E-state index in [1.54, 1.807) is 12.2 Å². The molecule has 6 heteroatoms. The molecule has 1 atom stereocenters. The molecule has 0 aromatic rings. The van der Waals surface area contributed by atoms with Crippen molar-refractivity contribution in [3.63, 3.8) is 0 Å². The molecule has 0 saturated heterocycles. The van der Waals surface area contributed by atoms with Crippen LogP contribution in [0.15, 0.2) is 12.2 Å². The van der Waals surface area contributed by atoms with E-state index in [1.807, 2.05) is 6.26 Å². The van der Waals surface area contributed by atoms with Gasteiger partial charge < -0.3 is 14.3 Å². The highest BCUT2D eigenvalue weighted by Gasteiger charge is 2.37. The Balaban J connectivity index is 4.02. The topological polar surface area (TPSA) is 38.7 Å². The fourth-order valence-corrected chi connectivity index (χ4v) is 2.23. The minimum Gasteiger partial charge on any atom is -0.474 e. The van der Waals surface area contributed by atoms with Crippen molar-refractivity contribution in [2.45, 2.75) is 45.0 Å². The van der Waals surface area contributed by atoms with Crippen LogP contribution in [0.4, 0.5) is 0 Å². The highest BCUT2D eigenvalue weighted by molar-refractivity contribution is 8.22. The van der Waals surface area contributed by atoms with Gasteiger partial charge in [-0.3, -0.25) is 0 Å². The molecule has 0 saturated carbocycles. The quantitative estimate of drug-likeness (QED) is 0.459. The maximum Gasteiger partial charge on any atom is 0.220 e. The molecule has 19 heavy (non-hydrogen) atoms. The fraction of sp³-hybridized carbons (Fsp3) is 0.769. The first-order valence-electron chi connectivity index (χ1n) is 6.29. The molecule has 112 valence electrons. The summed E-state index contributed by atoms with van der Waals surface area (Å²) in [4.78, 5) is 0. The third-order valence-corrected chi connectivity index (χ3v) is 8.81. The number of aliphatic hydroxyl groups is 1. The van der Waals surface area contributed by atoms with E-state index in [9.17, 15) is 5.11 Å². The summed E-state index contributed by atoms with van der Waals surface area (Å²) >= 11 is 6.29. The monoisotopic (exact) mass is 322 g/mol. The standard InChI is InChI=1S/C13H26O3S2Si/c1-13(2,3)19(5,6)16-10-11(14)8-7-9-15-12(17)18-4/h7-8,11,14H,9-10H2,1-6H3/b8-7+/t11-/m0/s1. The van der Waals surface area contributed by atoms with Gasteiger partial charge in [0.2, 0.25) is 4.38 Å². The van der Waals surface area contributed by atoms with Gasteiger partial charge in [0, 0.05) is 0 Å². The lowest BCUT2D eigenvalue weighted by Crippen LogP contribution is -2.42. The van der Waals surface area contributed by atoms with Gasteiger partial charge in [0.15, 0.2) is 8.32 Å². The number of thiocarbonyl (C=S) groups is 1. The molecule has 0 aliphatic rings. The predicted octanol–water partition coefficient (Wildman–Crippen LogP) is 3.59. The summed E-state index contributed by atoms with van der Waals surface area (Å²) in [5, 5.41) is 9.97. The average molecular weight is 323 g/mol. The molecule has 0 rings (SSSR count). The lowest BCUT2D eigenvalue weighted by Gasteiger charge is -2.36. The van der Waals surface area contributed by atoms with Crippen LogP contribution in [0, 0.1) is 0 Å². The molecule has 3 nitrogen and oxygen atoms in total. The van der Waals surface area contributed by atoms with E-state index in [2.05, 4.69) is 33.9 Å². The van der Waals surface area contributed by atoms with Crippen molar-refractivity contribution in [1.29, 1.82) is 0 Å². The van der Waals surface area contributed by atoms with E-state index in [4.69, 9.17) is 21.4 Å². The Morgan fingerprint density at radius 1 is 1.42 bits per heavy atom. The molecule has 0 radical (unpaired) electrons. The van der Waals surface area contributed by atoms with Crippen LogP contribution in [0.2, 0.25) is 18.1 Å². The van der Waals surface area contributed by atoms with Crippen molar-refractivity contribution >= 4 is 36.7 Å². The molecular weight excluding hydrogens is 296 g/mol.